The maximum absolute atomic E-state index is 12.7. The number of imide groups is 1. The lowest BCUT2D eigenvalue weighted by Crippen LogP contribution is -2.39. The van der Waals surface area contributed by atoms with Crippen LogP contribution in [-0.4, -0.2) is 41.7 Å². The highest BCUT2D eigenvalue weighted by Gasteiger charge is 2.36. The first kappa shape index (κ1) is 21.4. The van der Waals surface area contributed by atoms with Crippen molar-refractivity contribution >= 4 is 35.0 Å². The normalized spacial score (nSPS) is 14.6. The molecular formula is C26H21N3O5. The smallest absolute Gasteiger partial charge is 0.265 e. The summed E-state index contributed by atoms with van der Waals surface area (Å²) in [4.78, 5) is 53.0. The summed E-state index contributed by atoms with van der Waals surface area (Å²) in [6.07, 6.45) is 0. The topological polar surface area (TPSA) is 96.0 Å². The van der Waals surface area contributed by atoms with Crippen molar-refractivity contribution in [1.82, 2.24) is 4.90 Å². The molecule has 8 heteroatoms. The molecule has 3 aromatic carbocycles. The molecule has 2 aliphatic heterocycles. The molecule has 0 aromatic heterocycles. The van der Waals surface area contributed by atoms with Gasteiger partial charge in [-0.25, -0.2) is 0 Å². The Morgan fingerprint density at radius 2 is 1.59 bits per heavy atom. The minimum Gasteiger partial charge on any atom is -0.482 e. The highest BCUT2D eigenvalue weighted by molar-refractivity contribution is 6.22. The number of nitrogens with one attached hydrogen (secondary N) is 1. The van der Waals surface area contributed by atoms with Crippen LogP contribution in [0.2, 0.25) is 0 Å². The summed E-state index contributed by atoms with van der Waals surface area (Å²) in [6.45, 7) is 1.88. The Labute approximate surface area is 195 Å². The maximum Gasteiger partial charge on any atom is 0.265 e. The first-order chi connectivity index (χ1) is 16.4. The molecule has 1 N–H and O–H groups in total. The van der Waals surface area contributed by atoms with E-state index in [4.69, 9.17) is 4.74 Å². The molecule has 2 heterocycles. The molecule has 0 unspecified atom stereocenters. The van der Waals surface area contributed by atoms with E-state index in [-0.39, 0.29) is 23.6 Å². The lowest BCUT2D eigenvalue weighted by atomic mass is 10.1. The second-order valence-corrected chi connectivity index (χ2v) is 8.17. The SMILES string of the molecule is Cc1ccccc1CN1C(=O)COc2ccc(NC(=O)CN3C(=O)c4ccccc4C3=O)cc21. The number of amides is 4. The summed E-state index contributed by atoms with van der Waals surface area (Å²) >= 11 is 0. The Balaban J connectivity index is 1.34. The first-order valence-corrected chi connectivity index (χ1v) is 10.8. The molecule has 0 saturated heterocycles. The number of carbonyl (C=O) groups excluding carboxylic acids is 4. The minimum absolute atomic E-state index is 0.0651. The molecule has 0 fully saturated rings. The van der Waals surface area contributed by atoms with Gasteiger partial charge in [0.25, 0.3) is 17.7 Å². The predicted octanol–water partition coefficient (Wildman–Crippen LogP) is 3.16. The van der Waals surface area contributed by atoms with Gasteiger partial charge >= 0.3 is 0 Å². The van der Waals surface area contributed by atoms with E-state index < -0.39 is 24.3 Å². The molecular weight excluding hydrogens is 434 g/mol. The summed E-state index contributed by atoms with van der Waals surface area (Å²) in [5.74, 6) is -1.17. The van der Waals surface area contributed by atoms with Crippen LogP contribution in [0.5, 0.6) is 5.75 Å². The lowest BCUT2D eigenvalue weighted by Gasteiger charge is -2.30. The first-order valence-electron chi connectivity index (χ1n) is 10.8. The van der Waals surface area contributed by atoms with Gasteiger partial charge in [-0.05, 0) is 48.4 Å². The van der Waals surface area contributed by atoms with E-state index in [1.165, 1.54) is 0 Å². The van der Waals surface area contributed by atoms with Crippen molar-refractivity contribution in [3.8, 4) is 5.75 Å². The fraction of sp³-hybridized carbons (Fsp3) is 0.154. The summed E-state index contributed by atoms with van der Waals surface area (Å²) < 4.78 is 5.56. The number of anilines is 2. The molecule has 170 valence electrons. The number of nitrogens with zero attached hydrogens (tertiary/aromatic N) is 2. The van der Waals surface area contributed by atoms with E-state index in [0.717, 1.165) is 16.0 Å². The van der Waals surface area contributed by atoms with E-state index in [1.807, 2.05) is 31.2 Å². The second-order valence-electron chi connectivity index (χ2n) is 8.17. The standard InChI is InChI=1S/C26H21N3O5/c1-16-6-2-3-7-17(16)13-28-21-12-18(10-11-22(21)34-15-24(28)31)27-23(30)14-29-25(32)19-8-4-5-9-20(19)26(29)33/h2-12H,13-15H2,1H3,(H,27,30). The number of carbonyl (C=O) groups is 4. The van der Waals surface area contributed by atoms with Crippen LogP contribution in [0, 0.1) is 6.92 Å². The number of aryl methyl sites for hydroxylation is 1. The number of fused-ring (bicyclic) bond motifs is 2. The Morgan fingerprint density at radius 1 is 0.912 bits per heavy atom. The largest absolute Gasteiger partial charge is 0.482 e. The summed E-state index contributed by atoms with van der Waals surface area (Å²) in [5, 5.41) is 2.72. The average molecular weight is 455 g/mol. The van der Waals surface area contributed by atoms with Gasteiger partial charge in [0, 0.05) is 5.69 Å². The molecule has 3 aromatic rings. The van der Waals surface area contributed by atoms with Gasteiger partial charge in [-0.1, -0.05) is 36.4 Å². The van der Waals surface area contributed by atoms with E-state index in [9.17, 15) is 19.2 Å². The van der Waals surface area contributed by atoms with E-state index >= 15 is 0 Å². The van der Waals surface area contributed by atoms with Crippen LogP contribution in [0.15, 0.2) is 66.7 Å². The Kier molecular flexibility index (Phi) is 5.33. The van der Waals surface area contributed by atoms with Crippen LogP contribution in [0.3, 0.4) is 0 Å². The zero-order valence-electron chi connectivity index (χ0n) is 18.4. The molecule has 0 atom stereocenters. The molecule has 0 spiro atoms. The molecule has 2 aliphatic rings. The third-order valence-corrected chi connectivity index (χ3v) is 5.96. The molecule has 8 nitrogen and oxygen atoms in total. The zero-order chi connectivity index (χ0) is 23.8. The highest BCUT2D eigenvalue weighted by Crippen LogP contribution is 2.36. The molecule has 0 aliphatic carbocycles. The van der Waals surface area contributed by atoms with E-state index in [1.54, 1.807) is 47.4 Å². The van der Waals surface area contributed by atoms with Gasteiger partial charge in [-0.2, -0.15) is 0 Å². The minimum atomic E-state index is -0.525. The van der Waals surface area contributed by atoms with E-state index in [2.05, 4.69) is 5.32 Å². The van der Waals surface area contributed by atoms with Crippen molar-refractivity contribution in [3.63, 3.8) is 0 Å². The van der Waals surface area contributed by atoms with Crippen molar-refractivity contribution in [1.29, 1.82) is 0 Å². The van der Waals surface area contributed by atoms with Gasteiger partial charge in [0.05, 0.1) is 23.4 Å². The Morgan fingerprint density at radius 3 is 2.29 bits per heavy atom. The Hall–Kier alpha value is -4.46. The van der Waals surface area contributed by atoms with Crippen LogP contribution >= 0.6 is 0 Å². The predicted molar refractivity (Wildman–Crippen MR) is 125 cm³/mol. The fourth-order valence-corrected chi connectivity index (χ4v) is 4.14. The second kappa shape index (κ2) is 8.47. The van der Waals surface area contributed by atoms with Crippen LogP contribution in [0.25, 0.3) is 0 Å². The van der Waals surface area contributed by atoms with Gasteiger partial charge in [0.2, 0.25) is 5.91 Å². The van der Waals surface area contributed by atoms with Gasteiger partial charge in [0.1, 0.15) is 12.3 Å². The summed E-state index contributed by atoms with van der Waals surface area (Å²) in [5.41, 5.74) is 3.61. The Bertz CT molecular complexity index is 1310. The molecule has 0 bridgehead atoms. The number of rotatable bonds is 5. The van der Waals surface area contributed by atoms with Crippen LogP contribution in [0.4, 0.5) is 11.4 Å². The average Bonchev–Trinajstić information content (AvgIpc) is 3.07. The molecule has 5 rings (SSSR count). The highest BCUT2D eigenvalue weighted by atomic mass is 16.5. The van der Waals surface area contributed by atoms with Gasteiger partial charge < -0.3 is 15.0 Å². The van der Waals surface area contributed by atoms with Gasteiger partial charge in [-0.15, -0.1) is 0 Å². The number of hydrogen-bond donors (Lipinski definition) is 1. The molecule has 34 heavy (non-hydrogen) atoms. The van der Waals surface area contributed by atoms with Crippen molar-refractivity contribution < 1.29 is 23.9 Å². The van der Waals surface area contributed by atoms with Crippen LogP contribution < -0.4 is 15.0 Å². The lowest BCUT2D eigenvalue weighted by molar-refractivity contribution is -0.121. The van der Waals surface area contributed by atoms with Crippen LogP contribution in [0.1, 0.15) is 31.8 Å². The summed E-state index contributed by atoms with van der Waals surface area (Å²) in [6, 6.07) is 19.3. The van der Waals surface area contributed by atoms with E-state index in [0.29, 0.717) is 23.7 Å². The third kappa shape index (κ3) is 3.79. The monoisotopic (exact) mass is 455 g/mol. The number of benzene rings is 3. The quantitative estimate of drug-likeness (QED) is 0.597. The zero-order valence-corrected chi connectivity index (χ0v) is 18.4. The van der Waals surface area contributed by atoms with Gasteiger partial charge in [-0.3, -0.25) is 24.1 Å². The van der Waals surface area contributed by atoms with Crippen molar-refractivity contribution in [2.24, 2.45) is 0 Å². The fourth-order valence-electron chi connectivity index (χ4n) is 4.14. The van der Waals surface area contributed by atoms with Gasteiger partial charge in [0.15, 0.2) is 6.61 Å². The third-order valence-electron chi connectivity index (χ3n) is 5.96. The van der Waals surface area contributed by atoms with Crippen LogP contribution in [-0.2, 0) is 16.1 Å². The summed E-state index contributed by atoms with van der Waals surface area (Å²) in [7, 11) is 0. The van der Waals surface area contributed by atoms with Crippen molar-refractivity contribution in [2.45, 2.75) is 13.5 Å². The van der Waals surface area contributed by atoms with Crippen molar-refractivity contribution in [3.05, 3.63) is 89.0 Å². The number of hydrogen-bond acceptors (Lipinski definition) is 5. The van der Waals surface area contributed by atoms with Crippen molar-refractivity contribution in [2.75, 3.05) is 23.4 Å². The number of ether oxygens (including phenoxy) is 1. The molecule has 4 amide bonds. The maximum atomic E-state index is 12.7. The molecule has 0 saturated carbocycles. The molecule has 0 radical (unpaired) electrons.